The number of nitrogens with one attached hydrogen (secondary N) is 2. The summed E-state index contributed by atoms with van der Waals surface area (Å²) in [5.74, 6) is -2.74. The molecule has 2 aromatic rings. The minimum atomic E-state index is -5.18. The fourth-order valence-electron chi connectivity index (χ4n) is 2.21. The first-order valence-electron chi connectivity index (χ1n) is 7.85. The Morgan fingerprint density at radius 2 is 1.63 bits per heavy atom. The summed E-state index contributed by atoms with van der Waals surface area (Å²) in [5.41, 5.74) is -3.52. The molecule has 0 aliphatic heterocycles. The Hall–Kier alpha value is -2.55. The molecular formula is C18H16BrF3N2O3. The predicted molar refractivity (Wildman–Crippen MR) is 97.1 cm³/mol. The van der Waals surface area contributed by atoms with Gasteiger partial charge in [-0.25, -0.2) is 4.79 Å². The zero-order valence-electron chi connectivity index (χ0n) is 14.1. The lowest BCUT2D eigenvalue weighted by Gasteiger charge is -2.35. The third kappa shape index (κ3) is 4.79. The molecule has 0 aliphatic rings. The van der Waals surface area contributed by atoms with Crippen molar-refractivity contribution in [2.75, 3.05) is 11.9 Å². The highest BCUT2D eigenvalue weighted by Gasteiger charge is 2.63. The second-order valence-electron chi connectivity index (χ2n) is 5.42. The standard InChI is InChI=1S/C18H16BrF3N2O3/c1-2-27-16(26)17(18(20,21)22,23-14-10-8-13(19)9-11-14)24-15(25)12-6-4-3-5-7-12/h3-11,23H,2H2,1H3,(H,24,25)/t17-/m0/s1. The molecule has 0 aliphatic carbocycles. The smallest absolute Gasteiger partial charge is 0.441 e. The number of benzene rings is 2. The van der Waals surface area contributed by atoms with Gasteiger partial charge < -0.3 is 15.4 Å². The molecule has 0 saturated carbocycles. The number of ether oxygens (including phenoxy) is 1. The molecule has 27 heavy (non-hydrogen) atoms. The molecule has 0 radical (unpaired) electrons. The van der Waals surface area contributed by atoms with Gasteiger partial charge in [-0.15, -0.1) is 0 Å². The number of hydrogen-bond donors (Lipinski definition) is 2. The molecule has 144 valence electrons. The van der Waals surface area contributed by atoms with Gasteiger partial charge in [0.15, 0.2) is 0 Å². The third-order valence-electron chi connectivity index (χ3n) is 3.52. The molecular weight excluding hydrogens is 429 g/mol. The van der Waals surface area contributed by atoms with E-state index in [1.54, 1.807) is 11.4 Å². The number of esters is 1. The first-order valence-corrected chi connectivity index (χ1v) is 8.64. The Morgan fingerprint density at radius 1 is 1.04 bits per heavy atom. The Kier molecular flexibility index (Phi) is 6.48. The minimum Gasteiger partial charge on any atom is -0.463 e. The number of carbonyl (C=O) groups excluding carboxylic acids is 2. The van der Waals surface area contributed by atoms with Crippen LogP contribution in [-0.4, -0.2) is 30.3 Å². The molecule has 0 unspecified atom stereocenters. The maximum atomic E-state index is 14.0. The highest BCUT2D eigenvalue weighted by atomic mass is 79.9. The fraction of sp³-hybridized carbons (Fsp3) is 0.222. The van der Waals surface area contributed by atoms with Crippen LogP contribution >= 0.6 is 15.9 Å². The topological polar surface area (TPSA) is 67.4 Å². The van der Waals surface area contributed by atoms with Crippen molar-refractivity contribution in [2.45, 2.75) is 18.8 Å². The van der Waals surface area contributed by atoms with Gasteiger partial charge in [-0.1, -0.05) is 34.1 Å². The molecule has 9 heteroatoms. The lowest BCUT2D eigenvalue weighted by Crippen LogP contribution is -2.69. The van der Waals surface area contributed by atoms with E-state index in [0.29, 0.717) is 4.47 Å². The van der Waals surface area contributed by atoms with Crippen LogP contribution in [0.5, 0.6) is 0 Å². The maximum absolute atomic E-state index is 14.0. The molecule has 0 fully saturated rings. The van der Waals surface area contributed by atoms with Gasteiger partial charge in [0.2, 0.25) is 0 Å². The van der Waals surface area contributed by atoms with Gasteiger partial charge in [-0.3, -0.25) is 4.79 Å². The summed E-state index contributed by atoms with van der Waals surface area (Å²) in [5, 5.41) is 3.87. The summed E-state index contributed by atoms with van der Waals surface area (Å²) in [6, 6.07) is 12.9. The quantitative estimate of drug-likeness (QED) is 0.519. The number of anilines is 1. The SMILES string of the molecule is CCOC(=O)[C@@](NC(=O)c1ccccc1)(Nc1ccc(Br)cc1)C(F)(F)F. The zero-order chi connectivity index (χ0) is 20.1. The molecule has 1 atom stereocenters. The lowest BCUT2D eigenvalue weighted by atomic mass is 10.1. The molecule has 0 heterocycles. The molecule has 2 N–H and O–H groups in total. The zero-order valence-corrected chi connectivity index (χ0v) is 15.7. The van der Waals surface area contributed by atoms with E-state index in [2.05, 4.69) is 26.0 Å². The number of halogens is 4. The van der Waals surface area contributed by atoms with E-state index in [4.69, 9.17) is 0 Å². The first-order chi connectivity index (χ1) is 12.7. The van der Waals surface area contributed by atoms with Crippen LogP contribution < -0.4 is 10.6 Å². The predicted octanol–water partition coefficient (Wildman–Crippen LogP) is 4.11. The third-order valence-corrected chi connectivity index (χ3v) is 4.05. The van der Waals surface area contributed by atoms with Crippen LogP contribution in [0.3, 0.4) is 0 Å². The summed E-state index contributed by atoms with van der Waals surface area (Å²) in [6.45, 7) is 1.08. The average Bonchev–Trinajstić information content (AvgIpc) is 2.62. The second-order valence-corrected chi connectivity index (χ2v) is 6.34. The average molecular weight is 445 g/mol. The van der Waals surface area contributed by atoms with Crippen LogP contribution in [0.25, 0.3) is 0 Å². The maximum Gasteiger partial charge on any atom is 0.441 e. The van der Waals surface area contributed by atoms with Crippen molar-refractivity contribution < 1.29 is 27.5 Å². The normalized spacial score (nSPS) is 13.4. The van der Waals surface area contributed by atoms with Crippen molar-refractivity contribution in [3.63, 3.8) is 0 Å². The number of rotatable bonds is 6. The number of amides is 1. The van der Waals surface area contributed by atoms with Crippen molar-refractivity contribution in [2.24, 2.45) is 0 Å². The molecule has 2 aromatic carbocycles. The summed E-state index contributed by atoms with van der Waals surface area (Å²) >= 11 is 3.18. The fourth-order valence-corrected chi connectivity index (χ4v) is 2.48. The minimum absolute atomic E-state index is 0.0306. The molecule has 1 amide bonds. The molecule has 0 aromatic heterocycles. The van der Waals surface area contributed by atoms with Crippen LogP contribution in [-0.2, 0) is 9.53 Å². The van der Waals surface area contributed by atoms with Gasteiger partial charge in [-0.2, -0.15) is 13.2 Å². The summed E-state index contributed by atoms with van der Waals surface area (Å²) in [6.07, 6.45) is -5.18. The van der Waals surface area contributed by atoms with Crippen molar-refractivity contribution in [1.29, 1.82) is 0 Å². The van der Waals surface area contributed by atoms with Crippen molar-refractivity contribution in [1.82, 2.24) is 5.32 Å². The van der Waals surface area contributed by atoms with Gasteiger partial charge in [0.05, 0.1) is 6.61 Å². The Morgan fingerprint density at radius 3 is 2.15 bits per heavy atom. The highest BCUT2D eigenvalue weighted by Crippen LogP contribution is 2.33. The summed E-state index contributed by atoms with van der Waals surface area (Å²) < 4.78 is 47.3. The van der Waals surface area contributed by atoms with E-state index < -0.39 is 23.7 Å². The number of carbonyl (C=O) groups is 2. The number of alkyl halides is 3. The molecule has 0 saturated heterocycles. The largest absolute Gasteiger partial charge is 0.463 e. The van der Waals surface area contributed by atoms with E-state index >= 15 is 0 Å². The first kappa shape index (κ1) is 20.8. The molecule has 2 rings (SSSR count). The van der Waals surface area contributed by atoms with Gasteiger partial charge in [0.1, 0.15) is 0 Å². The van der Waals surface area contributed by atoms with Gasteiger partial charge in [0, 0.05) is 15.7 Å². The van der Waals surface area contributed by atoms with Crippen LogP contribution in [0.15, 0.2) is 59.1 Å². The van der Waals surface area contributed by atoms with E-state index in [1.165, 1.54) is 55.5 Å². The van der Waals surface area contributed by atoms with Crippen molar-refractivity contribution >= 4 is 33.5 Å². The number of hydrogen-bond acceptors (Lipinski definition) is 4. The highest BCUT2D eigenvalue weighted by molar-refractivity contribution is 9.10. The van der Waals surface area contributed by atoms with E-state index in [-0.39, 0.29) is 17.9 Å². The van der Waals surface area contributed by atoms with Crippen molar-refractivity contribution in [3.05, 3.63) is 64.6 Å². The Bertz CT molecular complexity index is 798. The molecule has 5 nitrogen and oxygen atoms in total. The van der Waals surface area contributed by atoms with Crippen LogP contribution in [0.2, 0.25) is 0 Å². The van der Waals surface area contributed by atoms with E-state index in [0.717, 1.165) is 0 Å². The lowest BCUT2D eigenvalue weighted by molar-refractivity contribution is -0.204. The van der Waals surface area contributed by atoms with Gasteiger partial charge in [-0.05, 0) is 43.3 Å². The molecule has 0 spiro atoms. The van der Waals surface area contributed by atoms with Crippen LogP contribution in [0, 0.1) is 0 Å². The second kappa shape index (κ2) is 8.43. The Labute approximate surface area is 162 Å². The summed E-state index contributed by atoms with van der Waals surface area (Å²) in [7, 11) is 0. The van der Waals surface area contributed by atoms with Gasteiger partial charge >= 0.3 is 17.8 Å². The van der Waals surface area contributed by atoms with E-state index in [9.17, 15) is 22.8 Å². The molecule has 0 bridgehead atoms. The monoisotopic (exact) mass is 444 g/mol. The van der Waals surface area contributed by atoms with Gasteiger partial charge in [0.25, 0.3) is 5.91 Å². The van der Waals surface area contributed by atoms with Crippen LogP contribution in [0.4, 0.5) is 18.9 Å². The Balaban J connectivity index is 2.48. The van der Waals surface area contributed by atoms with E-state index in [1.807, 2.05) is 0 Å². The van der Waals surface area contributed by atoms with Crippen LogP contribution in [0.1, 0.15) is 17.3 Å². The summed E-state index contributed by atoms with van der Waals surface area (Å²) in [4.78, 5) is 24.7. The van der Waals surface area contributed by atoms with Crippen molar-refractivity contribution in [3.8, 4) is 0 Å².